The number of carbonyl (C=O) groups excluding carboxylic acids is 2. The van der Waals surface area contributed by atoms with Crippen LogP contribution in [0.4, 0.5) is 5.69 Å². The minimum Gasteiger partial charge on any atom is -0.354 e. The van der Waals surface area contributed by atoms with Crippen molar-refractivity contribution in [3.05, 3.63) is 57.7 Å². The monoisotopic (exact) mass is 404 g/mol. The van der Waals surface area contributed by atoms with Crippen molar-refractivity contribution in [2.24, 2.45) is 5.92 Å². The molecule has 1 saturated heterocycles. The second-order valence-corrected chi connectivity index (χ2v) is 6.70. The van der Waals surface area contributed by atoms with Crippen molar-refractivity contribution in [2.75, 3.05) is 18.0 Å². The second kappa shape index (κ2) is 7.60. The molecule has 2 amide bonds. The summed E-state index contributed by atoms with van der Waals surface area (Å²) in [6.45, 7) is 1.01. The van der Waals surface area contributed by atoms with Gasteiger partial charge in [0, 0.05) is 48.5 Å². The van der Waals surface area contributed by atoms with Gasteiger partial charge in [-0.1, -0.05) is 22.0 Å². The fourth-order valence-electron chi connectivity index (χ4n) is 2.77. The molecule has 1 N–H and O–H groups in total. The summed E-state index contributed by atoms with van der Waals surface area (Å²) in [4.78, 5) is 41.6. The topological polar surface area (TPSA) is 84.3 Å². The zero-order valence-corrected chi connectivity index (χ0v) is 15.0. The van der Waals surface area contributed by atoms with Crippen molar-refractivity contribution in [2.45, 2.75) is 13.0 Å². The van der Waals surface area contributed by atoms with E-state index in [0.29, 0.717) is 19.6 Å². The van der Waals surface area contributed by atoms with Crippen LogP contribution in [-0.4, -0.2) is 34.5 Å². The van der Waals surface area contributed by atoms with Gasteiger partial charge in [-0.25, -0.2) is 4.98 Å². The maximum atomic E-state index is 12.3. The molecule has 2 heterocycles. The van der Waals surface area contributed by atoms with Gasteiger partial charge in [-0.15, -0.1) is 0 Å². The molecule has 1 aliphatic heterocycles. The van der Waals surface area contributed by atoms with Crippen LogP contribution >= 0.6 is 15.9 Å². The highest BCUT2D eigenvalue weighted by atomic mass is 79.9. The summed E-state index contributed by atoms with van der Waals surface area (Å²) in [5.74, 6) is -0.637. The third-order valence-electron chi connectivity index (χ3n) is 4.06. The van der Waals surface area contributed by atoms with Crippen LogP contribution in [0, 0.1) is 5.92 Å². The Balaban J connectivity index is 1.56. The fraction of sp³-hybridized carbons (Fsp3) is 0.294. The van der Waals surface area contributed by atoms with Crippen LogP contribution in [-0.2, 0) is 16.1 Å². The van der Waals surface area contributed by atoms with E-state index in [-0.39, 0.29) is 23.8 Å². The van der Waals surface area contributed by atoms with Crippen molar-refractivity contribution in [1.29, 1.82) is 0 Å². The average molecular weight is 405 g/mol. The van der Waals surface area contributed by atoms with E-state index in [9.17, 15) is 14.4 Å². The van der Waals surface area contributed by atoms with Crippen LogP contribution in [0.3, 0.4) is 0 Å². The predicted octanol–water partition coefficient (Wildman–Crippen LogP) is 1.18. The lowest BCUT2D eigenvalue weighted by molar-refractivity contribution is -0.126. The fourth-order valence-corrected chi connectivity index (χ4v) is 3.15. The summed E-state index contributed by atoms with van der Waals surface area (Å²) in [6, 6.07) is 8.80. The van der Waals surface area contributed by atoms with E-state index in [2.05, 4.69) is 26.2 Å². The minimum absolute atomic E-state index is 0.0678. The van der Waals surface area contributed by atoms with Crippen molar-refractivity contribution < 1.29 is 9.59 Å². The summed E-state index contributed by atoms with van der Waals surface area (Å²) in [7, 11) is 0. The summed E-state index contributed by atoms with van der Waals surface area (Å²) in [5.41, 5.74) is 0.609. The molecule has 8 heteroatoms. The van der Waals surface area contributed by atoms with Gasteiger partial charge in [-0.2, -0.15) is 0 Å². The zero-order chi connectivity index (χ0) is 17.8. The number of aromatic nitrogens is 2. The molecule has 0 radical (unpaired) electrons. The van der Waals surface area contributed by atoms with E-state index in [1.165, 1.54) is 23.2 Å². The van der Waals surface area contributed by atoms with Crippen LogP contribution in [0.2, 0.25) is 0 Å². The smallest absolute Gasteiger partial charge is 0.253 e. The van der Waals surface area contributed by atoms with E-state index in [0.717, 1.165) is 10.2 Å². The molecule has 25 heavy (non-hydrogen) atoms. The maximum absolute atomic E-state index is 12.3. The van der Waals surface area contributed by atoms with Crippen LogP contribution in [0.1, 0.15) is 6.42 Å². The Bertz CT molecular complexity index is 852. The maximum Gasteiger partial charge on any atom is 0.253 e. The number of anilines is 1. The number of carbonyl (C=O) groups is 2. The number of nitrogens with zero attached hydrogens (tertiary/aromatic N) is 3. The first-order chi connectivity index (χ1) is 12.0. The highest BCUT2D eigenvalue weighted by molar-refractivity contribution is 9.10. The van der Waals surface area contributed by atoms with Gasteiger partial charge in [0.25, 0.3) is 5.56 Å². The van der Waals surface area contributed by atoms with Crippen LogP contribution < -0.4 is 15.8 Å². The molecule has 1 atom stereocenters. The van der Waals surface area contributed by atoms with Crippen LogP contribution in [0.25, 0.3) is 0 Å². The van der Waals surface area contributed by atoms with E-state index in [4.69, 9.17) is 0 Å². The lowest BCUT2D eigenvalue weighted by Crippen LogP contribution is -2.36. The lowest BCUT2D eigenvalue weighted by atomic mass is 10.1. The Kier molecular flexibility index (Phi) is 5.28. The summed E-state index contributed by atoms with van der Waals surface area (Å²) >= 11 is 3.39. The standard InChI is InChI=1S/C17H17BrN4O3/c18-13-2-1-3-14(9-13)22-10-12(8-16(22)24)17(25)20-6-7-21-11-19-5-4-15(21)23/h1-5,9,11-12H,6-8,10H2,(H,20,25). The number of halogens is 1. The molecule has 7 nitrogen and oxygen atoms in total. The third-order valence-corrected chi connectivity index (χ3v) is 4.55. The van der Waals surface area contributed by atoms with Gasteiger partial charge < -0.3 is 10.2 Å². The highest BCUT2D eigenvalue weighted by Gasteiger charge is 2.34. The van der Waals surface area contributed by atoms with E-state index in [1.54, 1.807) is 4.90 Å². The van der Waals surface area contributed by atoms with Crippen molar-refractivity contribution in [3.8, 4) is 0 Å². The first-order valence-corrected chi connectivity index (χ1v) is 8.68. The van der Waals surface area contributed by atoms with E-state index in [1.807, 2.05) is 24.3 Å². The van der Waals surface area contributed by atoms with Gasteiger partial charge in [0.1, 0.15) is 0 Å². The molecule has 1 aromatic heterocycles. The SMILES string of the molecule is O=C(NCCn1cnccc1=O)C1CC(=O)N(c2cccc(Br)c2)C1. The Hall–Kier alpha value is -2.48. The Morgan fingerprint density at radius 3 is 2.92 bits per heavy atom. The number of amides is 2. The van der Waals surface area contributed by atoms with Crippen molar-refractivity contribution in [1.82, 2.24) is 14.9 Å². The Labute approximate surface area is 152 Å². The molecule has 2 aromatic rings. The number of hydrogen-bond acceptors (Lipinski definition) is 4. The summed E-state index contributed by atoms with van der Waals surface area (Å²) in [6.07, 6.45) is 3.05. The number of nitrogens with one attached hydrogen (secondary N) is 1. The van der Waals surface area contributed by atoms with Gasteiger partial charge in [0.2, 0.25) is 11.8 Å². The molecule has 0 aliphatic carbocycles. The lowest BCUT2D eigenvalue weighted by Gasteiger charge is -2.17. The predicted molar refractivity (Wildman–Crippen MR) is 96.1 cm³/mol. The normalized spacial score (nSPS) is 16.9. The van der Waals surface area contributed by atoms with Crippen LogP contribution in [0.5, 0.6) is 0 Å². The first-order valence-electron chi connectivity index (χ1n) is 7.88. The molecule has 1 aliphatic rings. The van der Waals surface area contributed by atoms with Gasteiger partial charge in [0.15, 0.2) is 0 Å². The Morgan fingerprint density at radius 2 is 2.16 bits per heavy atom. The molecule has 1 unspecified atom stereocenters. The second-order valence-electron chi connectivity index (χ2n) is 5.79. The van der Waals surface area contributed by atoms with Crippen molar-refractivity contribution in [3.63, 3.8) is 0 Å². The number of hydrogen-bond donors (Lipinski definition) is 1. The van der Waals surface area contributed by atoms with E-state index >= 15 is 0 Å². The number of benzene rings is 1. The highest BCUT2D eigenvalue weighted by Crippen LogP contribution is 2.27. The molecular weight excluding hydrogens is 388 g/mol. The molecule has 0 saturated carbocycles. The third kappa shape index (κ3) is 4.14. The molecule has 0 bridgehead atoms. The molecular formula is C17H17BrN4O3. The summed E-state index contributed by atoms with van der Waals surface area (Å²) < 4.78 is 2.31. The Morgan fingerprint density at radius 1 is 1.32 bits per heavy atom. The van der Waals surface area contributed by atoms with Gasteiger partial charge in [0.05, 0.1) is 12.2 Å². The largest absolute Gasteiger partial charge is 0.354 e. The summed E-state index contributed by atoms with van der Waals surface area (Å²) in [5, 5.41) is 2.79. The minimum atomic E-state index is -0.392. The van der Waals surface area contributed by atoms with Gasteiger partial charge >= 0.3 is 0 Å². The van der Waals surface area contributed by atoms with Gasteiger partial charge in [-0.05, 0) is 18.2 Å². The first kappa shape index (κ1) is 17.3. The van der Waals surface area contributed by atoms with E-state index < -0.39 is 5.92 Å². The zero-order valence-electron chi connectivity index (χ0n) is 13.4. The molecule has 1 aromatic carbocycles. The molecule has 130 valence electrons. The average Bonchev–Trinajstić information content (AvgIpc) is 2.98. The van der Waals surface area contributed by atoms with Crippen LogP contribution in [0.15, 0.2) is 52.1 Å². The quantitative estimate of drug-likeness (QED) is 0.810. The molecule has 1 fully saturated rings. The number of rotatable bonds is 5. The molecule has 3 rings (SSSR count). The van der Waals surface area contributed by atoms with Crippen molar-refractivity contribution >= 4 is 33.4 Å². The molecule has 0 spiro atoms. The van der Waals surface area contributed by atoms with Gasteiger partial charge in [-0.3, -0.25) is 19.0 Å².